The van der Waals surface area contributed by atoms with E-state index >= 15 is 0 Å². The third-order valence-corrected chi connectivity index (χ3v) is 2.88. The fraction of sp³-hybridized carbons (Fsp3) is 0.625. The average Bonchev–Trinajstić information content (AvgIpc) is 2.35. The van der Waals surface area contributed by atoms with Crippen LogP contribution in [0.25, 0.3) is 0 Å². The quantitative estimate of drug-likeness (QED) is 0.741. The summed E-state index contributed by atoms with van der Waals surface area (Å²) in [6.45, 7) is 9.63. The van der Waals surface area contributed by atoms with E-state index in [1.54, 1.807) is 0 Å². The molecule has 0 saturated heterocycles. The molecule has 0 aromatic heterocycles. The Morgan fingerprint density at radius 2 is 1.83 bits per heavy atom. The molecule has 18 heavy (non-hydrogen) atoms. The molecule has 0 amide bonds. The number of para-hydroxylation sites is 1. The van der Waals surface area contributed by atoms with Gasteiger partial charge in [-0.1, -0.05) is 38.5 Å². The normalized spacial score (nSPS) is 12.7. The SMILES string of the molecule is CCCNC(CCC)c1ccccc1OC(C)C. The number of ether oxygens (including phenoxy) is 1. The first-order chi connectivity index (χ1) is 8.69. The molecule has 0 saturated carbocycles. The highest BCUT2D eigenvalue weighted by atomic mass is 16.5. The summed E-state index contributed by atoms with van der Waals surface area (Å²) in [6.07, 6.45) is 3.71. The molecule has 2 nitrogen and oxygen atoms in total. The monoisotopic (exact) mass is 249 g/mol. The van der Waals surface area contributed by atoms with Crippen molar-refractivity contribution in [2.45, 2.75) is 59.1 Å². The second-order valence-electron chi connectivity index (χ2n) is 5.00. The third kappa shape index (κ3) is 4.69. The van der Waals surface area contributed by atoms with Gasteiger partial charge in [-0.3, -0.25) is 0 Å². The van der Waals surface area contributed by atoms with E-state index in [1.807, 2.05) is 6.07 Å². The van der Waals surface area contributed by atoms with Crippen LogP contribution in [0.15, 0.2) is 24.3 Å². The summed E-state index contributed by atoms with van der Waals surface area (Å²) in [6, 6.07) is 8.81. The van der Waals surface area contributed by atoms with Gasteiger partial charge in [0, 0.05) is 11.6 Å². The summed E-state index contributed by atoms with van der Waals surface area (Å²) >= 11 is 0. The van der Waals surface area contributed by atoms with Crippen LogP contribution < -0.4 is 10.1 Å². The molecule has 2 heteroatoms. The molecule has 0 heterocycles. The number of rotatable bonds is 8. The Bertz CT molecular complexity index is 336. The van der Waals surface area contributed by atoms with Crippen molar-refractivity contribution in [3.8, 4) is 5.75 Å². The topological polar surface area (TPSA) is 21.3 Å². The number of hydrogen-bond donors (Lipinski definition) is 1. The predicted molar refractivity (Wildman–Crippen MR) is 78.1 cm³/mol. The molecule has 1 N–H and O–H groups in total. The van der Waals surface area contributed by atoms with Crippen molar-refractivity contribution in [3.63, 3.8) is 0 Å². The Kier molecular flexibility index (Phi) is 6.81. The van der Waals surface area contributed by atoms with Gasteiger partial charge in [0.25, 0.3) is 0 Å². The molecule has 0 aliphatic rings. The molecule has 0 aliphatic carbocycles. The summed E-state index contributed by atoms with van der Waals surface area (Å²) in [7, 11) is 0. The summed E-state index contributed by atoms with van der Waals surface area (Å²) < 4.78 is 5.91. The second kappa shape index (κ2) is 8.15. The van der Waals surface area contributed by atoms with Gasteiger partial charge in [0.15, 0.2) is 0 Å². The van der Waals surface area contributed by atoms with Gasteiger partial charge in [0.2, 0.25) is 0 Å². The largest absolute Gasteiger partial charge is 0.491 e. The zero-order valence-electron chi connectivity index (χ0n) is 12.2. The Balaban J connectivity index is 2.87. The maximum Gasteiger partial charge on any atom is 0.124 e. The molecule has 0 spiro atoms. The molecule has 1 aromatic carbocycles. The second-order valence-corrected chi connectivity index (χ2v) is 5.00. The van der Waals surface area contributed by atoms with Crippen molar-refractivity contribution in [2.24, 2.45) is 0 Å². The lowest BCUT2D eigenvalue weighted by molar-refractivity contribution is 0.237. The van der Waals surface area contributed by atoms with E-state index in [0.717, 1.165) is 25.1 Å². The Hall–Kier alpha value is -1.02. The van der Waals surface area contributed by atoms with E-state index in [-0.39, 0.29) is 6.10 Å². The fourth-order valence-corrected chi connectivity index (χ4v) is 2.10. The summed E-state index contributed by atoms with van der Waals surface area (Å²) in [5.41, 5.74) is 1.29. The first kappa shape index (κ1) is 15.0. The van der Waals surface area contributed by atoms with E-state index in [0.29, 0.717) is 6.04 Å². The van der Waals surface area contributed by atoms with E-state index in [2.05, 4.69) is 51.2 Å². The predicted octanol–water partition coefficient (Wildman–Crippen LogP) is 4.31. The minimum absolute atomic E-state index is 0.222. The number of benzene rings is 1. The summed E-state index contributed by atoms with van der Waals surface area (Å²) in [5.74, 6) is 1.02. The zero-order valence-corrected chi connectivity index (χ0v) is 12.2. The van der Waals surface area contributed by atoms with Crippen molar-refractivity contribution in [3.05, 3.63) is 29.8 Å². The standard InChI is InChI=1S/C16H27NO/c1-5-9-15(17-12-6-2)14-10-7-8-11-16(14)18-13(3)4/h7-8,10-11,13,15,17H,5-6,9,12H2,1-4H3. The molecule has 1 unspecified atom stereocenters. The molecule has 0 fully saturated rings. The van der Waals surface area contributed by atoms with Gasteiger partial charge in [-0.25, -0.2) is 0 Å². The van der Waals surface area contributed by atoms with E-state index in [1.165, 1.54) is 12.0 Å². The van der Waals surface area contributed by atoms with Crippen molar-refractivity contribution >= 4 is 0 Å². The lowest BCUT2D eigenvalue weighted by Gasteiger charge is -2.22. The van der Waals surface area contributed by atoms with E-state index in [4.69, 9.17) is 4.74 Å². The van der Waals surface area contributed by atoms with E-state index < -0.39 is 0 Å². The summed E-state index contributed by atoms with van der Waals surface area (Å²) in [4.78, 5) is 0. The molecular weight excluding hydrogens is 222 g/mol. The molecule has 1 aromatic rings. The molecular formula is C16H27NO. The van der Waals surface area contributed by atoms with Gasteiger partial charge >= 0.3 is 0 Å². The van der Waals surface area contributed by atoms with Gasteiger partial charge in [-0.05, 0) is 39.3 Å². The molecule has 0 aliphatic heterocycles. The molecule has 0 bridgehead atoms. The van der Waals surface area contributed by atoms with Gasteiger partial charge in [0.05, 0.1) is 6.10 Å². The zero-order chi connectivity index (χ0) is 13.4. The Morgan fingerprint density at radius 3 is 2.44 bits per heavy atom. The maximum atomic E-state index is 5.91. The minimum atomic E-state index is 0.222. The minimum Gasteiger partial charge on any atom is -0.491 e. The first-order valence-corrected chi connectivity index (χ1v) is 7.18. The average molecular weight is 249 g/mol. The van der Waals surface area contributed by atoms with Crippen LogP contribution in [0, 0.1) is 0 Å². The van der Waals surface area contributed by atoms with Crippen molar-refractivity contribution in [1.29, 1.82) is 0 Å². The van der Waals surface area contributed by atoms with E-state index in [9.17, 15) is 0 Å². The smallest absolute Gasteiger partial charge is 0.124 e. The van der Waals surface area contributed by atoms with Crippen LogP contribution in [0.4, 0.5) is 0 Å². The lowest BCUT2D eigenvalue weighted by atomic mass is 10.0. The van der Waals surface area contributed by atoms with Crippen LogP contribution in [0.3, 0.4) is 0 Å². The van der Waals surface area contributed by atoms with Crippen LogP contribution in [0.2, 0.25) is 0 Å². The first-order valence-electron chi connectivity index (χ1n) is 7.18. The van der Waals surface area contributed by atoms with Crippen LogP contribution in [0.1, 0.15) is 58.6 Å². The van der Waals surface area contributed by atoms with Gasteiger partial charge < -0.3 is 10.1 Å². The Labute approximate surface area is 112 Å². The van der Waals surface area contributed by atoms with Crippen LogP contribution in [-0.4, -0.2) is 12.6 Å². The third-order valence-electron chi connectivity index (χ3n) is 2.88. The highest BCUT2D eigenvalue weighted by Gasteiger charge is 2.15. The fourth-order valence-electron chi connectivity index (χ4n) is 2.10. The molecule has 1 atom stereocenters. The summed E-state index contributed by atoms with van der Waals surface area (Å²) in [5, 5.41) is 3.62. The van der Waals surface area contributed by atoms with Gasteiger partial charge in [0.1, 0.15) is 5.75 Å². The number of nitrogens with one attached hydrogen (secondary N) is 1. The highest BCUT2D eigenvalue weighted by molar-refractivity contribution is 5.36. The highest BCUT2D eigenvalue weighted by Crippen LogP contribution is 2.28. The van der Waals surface area contributed by atoms with Gasteiger partial charge in [-0.2, -0.15) is 0 Å². The number of hydrogen-bond acceptors (Lipinski definition) is 2. The van der Waals surface area contributed by atoms with Crippen LogP contribution >= 0.6 is 0 Å². The van der Waals surface area contributed by atoms with Crippen molar-refractivity contribution in [1.82, 2.24) is 5.32 Å². The molecule has 102 valence electrons. The lowest BCUT2D eigenvalue weighted by Crippen LogP contribution is -2.23. The van der Waals surface area contributed by atoms with Crippen molar-refractivity contribution in [2.75, 3.05) is 6.54 Å². The van der Waals surface area contributed by atoms with Gasteiger partial charge in [-0.15, -0.1) is 0 Å². The molecule has 1 rings (SSSR count). The van der Waals surface area contributed by atoms with Crippen LogP contribution in [0.5, 0.6) is 5.75 Å². The maximum absolute atomic E-state index is 5.91. The molecule has 0 radical (unpaired) electrons. The van der Waals surface area contributed by atoms with Crippen LogP contribution in [-0.2, 0) is 0 Å². The Morgan fingerprint density at radius 1 is 1.11 bits per heavy atom. The van der Waals surface area contributed by atoms with Crippen molar-refractivity contribution < 1.29 is 4.74 Å².